The highest BCUT2D eigenvalue weighted by molar-refractivity contribution is 7.90. The van der Waals surface area contributed by atoms with E-state index in [1.807, 2.05) is 6.07 Å². The quantitative estimate of drug-likeness (QED) is 0.423. The summed E-state index contributed by atoms with van der Waals surface area (Å²) in [5.74, 6) is -1.07. The molecule has 0 atom stereocenters. The number of benzene rings is 3. The summed E-state index contributed by atoms with van der Waals surface area (Å²) in [4.78, 5) is 26.5. The van der Waals surface area contributed by atoms with Gasteiger partial charge in [0.05, 0.1) is 34.7 Å². The van der Waals surface area contributed by atoms with E-state index in [9.17, 15) is 22.4 Å². The largest absolute Gasteiger partial charge is 0.282 e. The molecule has 1 aromatic heterocycles. The van der Waals surface area contributed by atoms with E-state index in [0.29, 0.717) is 27.8 Å². The van der Waals surface area contributed by atoms with Gasteiger partial charge >= 0.3 is 0 Å². The van der Waals surface area contributed by atoms with Gasteiger partial charge in [0.1, 0.15) is 5.82 Å². The van der Waals surface area contributed by atoms with Crippen molar-refractivity contribution in [3.63, 3.8) is 0 Å². The van der Waals surface area contributed by atoms with Crippen molar-refractivity contribution in [1.82, 2.24) is 9.78 Å². The molecule has 0 saturated carbocycles. The summed E-state index contributed by atoms with van der Waals surface area (Å²) in [5.41, 5.74) is 1.73. The Morgan fingerprint density at radius 2 is 1.57 bits per heavy atom. The standard InChI is InChI=1S/C26H18FN3O4S/c1-35(33,34)22-12-8-19(9-13-22)23-16-29-30(24(31)14-17-2-4-18(15-28)5-3-17)26(32)25(23)20-6-10-21(27)11-7-20/h2-13,16H,14H2,1H3. The van der Waals surface area contributed by atoms with Crippen LogP contribution in [-0.2, 0) is 16.3 Å². The lowest BCUT2D eigenvalue weighted by molar-refractivity contribution is 0.0892. The molecule has 0 amide bonds. The lowest BCUT2D eigenvalue weighted by Crippen LogP contribution is -2.31. The fourth-order valence-electron chi connectivity index (χ4n) is 3.57. The van der Waals surface area contributed by atoms with Gasteiger partial charge in [-0.2, -0.15) is 15.0 Å². The summed E-state index contributed by atoms with van der Waals surface area (Å²) < 4.78 is 37.9. The molecule has 1 heterocycles. The van der Waals surface area contributed by atoms with E-state index in [-0.39, 0.29) is 16.9 Å². The molecule has 0 radical (unpaired) electrons. The van der Waals surface area contributed by atoms with Gasteiger partial charge in [-0.25, -0.2) is 12.8 Å². The molecule has 174 valence electrons. The van der Waals surface area contributed by atoms with Crippen LogP contribution in [0.1, 0.15) is 15.9 Å². The van der Waals surface area contributed by atoms with Gasteiger partial charge in [-0.1, -0.05) is 36.4 Å². The normalized spacial score (nSPS) is 11.1. The zero-order valence-corrected chi connectivity index (χ0v) is 19.3. The number of carbonyl (C=O) groups excluding carboxylic acids is 1. The minimum atomic E-state index is -3.41. The maximum atomic E-state index is 13.6. The minimum absolute atomic E-state index is 0.114. The van der Waals surface area contributed by atoms with E-state index in [1.54, 1.807) is 36.4 Å². The highest BCUT2D eigenvalue weighted by Crippen LogP contribution is 2.29. The Balaban J connectivity index is 1.81. The maximum Gasteiger partial charge on any atom is 0.282 e. The summed E-state index contributed by atoms with van der Waals surface area (Å²) in [6, 6.07) is 19.6. The van der Waals surface area contributed by atoms with Gasteiger partial charge in [0.2, 0.25) is 0 Å². The average Bonchev–Trinajstić information content (AvgIpc) is 2.84. The van der Waals surface area contributed by atoms with Crippen molar-refractivity contribution in [1.29, 1.82) is 5.26 Å². The lowest BCUT2D eigenvalue weighted by Gasteiger charge is -2.12. The Morgan fingerprint density at radius 3 is 2.14 bits per heavy atom. The molecule has 0 N–H and O–H groups in total. The molecule has 4 aromatic rings. The highest BCUT2D eigenvalue weighted by atomic mass is 32.2. The molecule has 3 aromatic carbocycles. The van der Waals surface area contributed by atoms with Crippen molar-refractivity contribution in [2.24, 2.45) is 0 Å². The third-order valence-corrected chi connectivity index (χ3v) is 6.51. The predicted octanol–water partition coefficient (Wildman–Crippen LogP) is 3.87. The monoisotopic (exact) mass is 487 g/mol. The predicted molar refractivity (Wildman–Crippen MR) is 128 cm³/mol. The number of aromatic nitrogens is 2. The number of rotatable bonds is 5. The van der Waals surface area contributed by atoms with E-state index in [4.69, 9.17) is 5.26 Å². The molecule has 0 saturated heterocycles. The Bertz CT molecular complexity index is 1620. The fraction of sp³-hybridized carbons (Fsp3) is 0.0769. The Morgan fingerprint density at radius 1 is 0.971 bits per heavy atom. The average molecular weight is 488 g/mol. The molecule has 35 heavy (non-hydrogen) atoms. The SMILES string of the molecule is CS(=O)(=O)c1ccc(-c2cnn(C(=O)Cc3ccc(C#N)cc3)c(=O)c2-c2ccc(F)cc2)cc1. The number of hydrogen-bond acceptors (Lipinski definition) is 6. The van der Waals surface area contributed by atoms with E-state index in [1.165, 1.54) is 42.6 Å². The van der Waals surface area contributed by atoms with Gasteiger partial charge in [-0.05, 0) is 53.1 Å². The van der Waals surface area contributed by atoms with Crippen LogP contribution < -0.4 is 5.56 Å². The first-order valence-electron chi connectivity index (χ1n) is 10.4. The molecule has 7 nitrogen and oxygen atoms in total. The van der Waals surface area contributed by atoms with Gasteiger partial charge < -0.3 is 0 Å². The molecule has 4 rings (SSSR count). The summed E-state index contributed by atoms with van der Waals surface area (Å²) in [7, 11) is -3.41. The van der Waals surface area contributed by atoms with Gasteiger partial charge in [0.15, 0.2) is 9.84 Å². The number of nitriles is 1. The van der Waals surface area contributed by atoms with E-state index < -0.39 is 27.1 Å². The van der Waals surface area contributed by atoms with Crippen LogP contribution in [0.2, 0.25) is 0 Å². The van der Waals surface area contributed by atoms with Crippen molar-refractivity contribution < 1.29 is 17.6 Å². The van der Waals surface area contributed by atoms with Crippen LogP contribution >= 0.6 is 0 Å². The molecule has 0 aliphatic carbocycles. The Labute approximate surface area is 200 Å². The molecule has 0 bridgehead atoms. The van der Waals surface area contributed by atoms with Crippen LogP contribution in [0.25, 0.3) is 22.3 Å². The molecule has 0 aliphatic rings. The zero-order valence-electron chi connectivity index (χ0n) is 18.5. The first-order valence-corrected chi connectivity index (χ1v) is 12.3. The zero-order chi connectivity index (χ0) is 25.2. The lowest BCUT2D eigenvalue weighted by atomic mass is 9.97. The molecule has 0 fully saturated rings. The summed E-state index contributed by atoms with van der Waals surface area (Å²) in [6.07, 6.45) is 2.32. The van der Waals surface area contributed by atoms with Crippen molar-refractivity contribution >= 4 is 15.7 Å². The van der Waals surface area contributed by atoms with Crippen molar-refractivity contribution in [3.05, 3.63) is 106 Å². The van der Waals surface area contributed by atoms with Gasteiger partial charge in [-0.15, -0.1) is 0 Å². The summed E-state index contributed by atoms with van der Waals surface area (Å²) in [5, 5.41) is 13.0. The third kappa shape index (κ3) is 5.08. The van der Waals surface area contributed by atoms with Crippen LogP contribution in [-0.4, -0.2) is 30.4 Å². The molecular formula is C26H18FN3O4S. The number of nitrogens with zero attached hydrogens (tertiary/aromatic N) is 3. The first-order chi connectivity index (χ1) is 16.7. The molecule has 0 aliphatic heterocycles. The third-order valence-electron chi connectivity index (χ3n) is 5.38. The minimum Gasteiger partial charge on any atom is -0.272 e. The van der Waals surface area contributed by atoms with E-state index in [0.717, 1.165) is 10.9 Å². The van der Waals surface area contributed by atoms with Crippen molar-refractivity contribution in [3.8, 4) is 28.3 Å². The van der Waals surface area contributed by atoms with Crippen molar-refractivity contribution in [2.45, 2.75) is 11.3 Å². The van der Waals surface area contributed by atoms with Crippen LogP contribution in [0.15, 0.2) is 88.7 Å². The number of hydrogen-bond donors (Lipinski definition) is 0. The van der Waals surface area contributed by atoms with Crippen LogP contribution in [0, 0.1) is 17.1 Å². The molecular weight excluding hydrogens is 469 g/mol. The molecule has 0 unspecified atom stereocenters. The molecule has 9 heteroatoms. The molecule has 0 spiro atoms. The maximum absolute atomic E-state index is 13.6. The fourth-order valence-corrected chi connectivity index (χ4v) is 4.20. The second kappa shape index (κ2) is 9.44. The second-order valence-electron chi connectivity index (χ2n) is 7.83. The van der Waals surface area contributed by atoms with Gasteiger partial charge in [0.25, 0.3) is 11.5 Å². The topological polar surface area (TPSA) is 110 Å². The number of halogens is 1. The Kier molecular flexibility index (Phi) is 6.40. The van der Waals surface area contributed by atoms with E-state index >= 15 is 0 Å². The highest BCUT2D eigenvalue weighted by Gasteiger charge is 2.19. The van der Waals surface area contributed by atoms with Gasteiger partial charge in [-0.3, -0.25) is 9.59 Å². The van der Waals surface area contributed by atoms with E-state index in [2.05, 4.69) is 5.10 Å². The summed E-state index contributed by atoms with van der Waals surface area (Å²) >= 11 is 0. The van der Waals surface area contributed by atoms with Crippen LogP contribution in [0.5, 0.6) is 0 Å². The Hall–Kier alpha value is -4.42. The smallest absolute Gasteiger partial charge is 0.272 e. The van der Waals surface area contributed by atoms with Crippen LogP contribution in [0.4, 0.5) is 4.39 Å². The van der Waals surface area contributed by atoms with Gasteiger partial charge in [0, 0.05) is 11.8 Å². The number of carbonyl (C=O) groups is 1. The number of sulfone groups is 1. The summed E-state index contributed by atoms with van der Waals surface area (Å²) in [6.45, 7) is 0. The first kappa shape index (κ1) is 23.7. The van der Waals surface area contributed by atoms with Crippen LogP contribution in [0.3, 0.4) is 0 Å². The van der Waals surface area contributed by atoms with Crippen molar-refractivity contribution in [2.75, 3.05) is 6.26 Å². The second-order valence-corrected chi connectivity index (χ2v) is 9.85.